The molecule has 94 valence electrons. The van der Waals surface area contributed by atoms with Crippen LogP contribution in [0.2, 0.25) is 0 Å². The van der Waals surface area contributed by atoms with Crippen LogP contribution in [-0.2, 0) is 4.79 Å². The van der Waals surface area contributed by atoms with E-state index in [0.29, 0.717) is 5.69 Å². The van der Waals surface area contributed by atoms with Crippen LogP contribution in [0.5, 0.6) is 0 Å². The molecule has 0 bridgehead atoms. The van der Waals surface area contributed by atoms with Crippen LogP contribution in [0.4, 0.5) is 18.9 Å². The maximum absolute atomic E-state index is 12.2. The van der Waals surface area contributed by atoms with Gasteiger partial charge in [-0.15, -0.1) is 0 Å². The molecule has 0 atom stereocenters. The molecule has 0 saturated heterocycles. The number of para-hydroxylation sites is 1. The average Bonchev–Trinajstić information content (AvgIpc) is 2.28. The summed E-state index contributed by atoms with van der Waals surface area (Å²) in [6.07, 6.45) is -5.38. The number of carbonyl (C=O) groups excluding carboxylic acids is 1. The number of alkyl halides is 3. The molecule has 1 rings (SSSR count). The zero-order valence-corrected chi connectivity index (χ0v) is 9.16. The lowest BCUT2D eigenvalue weighted by molar-refractivity contribution is -0.114. The Balaban J connectivity index is 2.86. The number of hydrogen-bond acceptors (Lipinski definition) is 2. The van der Waals surface area contributed by atoms with E-state index in [2.05, 4.69) is 5.32 Å². The van der Waals surface area contributed by atoms with E-state index in [1.807, 2.05) is 0 Å². The molecule has 0 fully saturated rings. The van der Waals surface area contributed by atoms with E-state index >= 15 is 0 Å². The number of anilines is 1. The monoisotopic (exact) mass is 254 g/mol. The van der Waals surface area contributed by atoms with Crippen LogP contribution in [-0.4, -0.2) is 12.1 Å². The minimum Gasteiger partial charge on any atom is -0.322 e. The highest BCUT2D eigenvalue weighted by Gasteiger charge is 2.26. The van der Waals surface area contributed by atoms with Crippen LogP contribution in [0.15, 0.2) is 42.0 Å². The molecule has 1 aromatic rings. The molecule has 1 aromatic carbocycles. The highest BCUT2D eigenvalue weighted by atomic mass is 19.4. The van der Waals surface area contributed by atoms with Crippen LogP contribution in [0.25, 0.3) is 0 Å². The minimum atomic E-state index is -4.62. The Kier molecular flexibility index (Phi) is 4.49. The van der Waals surface area contributed by atoms with Gasteiger partial charge in [-0.2, -0.15) is 18.4 Å². The van der Waals surface area contributed by atoms with Gasteiger partial charge in [0.25, 0.3) is 5.91 Å². The van der Waals surface area contributed by atoms with E-state index in [-0.39, 0.29) is 6.08 Å². The highest BCUT2D eigenvalue weighted by molar-refractivity contribution is 6.04. The van der Waals surface area contributed by atoms with Crippen molar-refractivity contribution in [1.82, 2.24) is 0 Å². The van der Waals surface area contributed by atoms with Gasteiger partial charge in [-0.1, -0.05) is 18.2 Å². The van der Waals surface area contributed by atoms with Gasteiger partial charge in [-0.05, 0) is 12.1 Å². The first-order valence-corrected chi connectivity index (χ1v) is 4.94. The Bertz CT molecular complexity index is 486. The van der Waals surface area contributed by atoms with E-state index < -0.39 is 24.1 Å². The molecule has 0 spiro atoms. The molecule has 1 amide bonds. The number of benzene rings is 1. The highest BCUT2D eigenvalue weighted by Crippen LogP contribution is 2.20. The van der Waals surface area contributed by atoms with Gasteiger partial charge < -0.3 is 5.32 Å². The number of rotatable bonds is 3. The van der Waals surface area contributed by atoms with Crippen LogP contribution < -0.4 is 5.32 Å². The first-order chi connectivity index (χ1) is 8.42. The summed E-state index contributed by atoms with van der Waals surface area (Å²) in [7, 11) is 0. The predicted molar refractivity (Wildman–Crippen MR) is 59.4 cm³/mol. The average molecular weight is 254 g/mol. The van der Waals surface area contributed by atoms with Crippen molar-refractivity contribution in [3.63, 3.8) is 0 Å². The normalized spacial score (nSPS) is 11.8. The van der Waals surface area contributed by atoms with Gasteiger partial charge in [-0.25, -0.2) is 0 Å². The Morgan fingerprint density at radius 1 is 1.33 bits per heavy atom. The Morgan fingerprint density at radius 3 is 2.44 bits per heavy atom. The predicted octanol–water partition coefficient (Wildman–Crippen LogP) is 3.03. The summed E-state index contributed by atoms with van der Waals surface area (Å²) < 4.78 is 36.5. The quantitative estimate of drug-likeness (QED) is 0.843. The molecule has 0 aromatic heterocycles. The van der Waals surface area contributed by atoms with Crippen molar-refractivity contribution >= 4 is 11.6 Å². The Labute approximate surface area is 102 Å². The molecule has 0 radical (unpaired) electrons. The molecular formula is C12H9F3N2O. The van der Waals surface area contributed by atoms with Gasteiger partial charge in [0.05, 0.1) is 12.5 Å². The van der Waals surface area contributed by atoms with Crippen LogP contribution in [0.1, 0.15) is 6.42 Å². The standard InChI is InChI=1S/C12H9F3N2O/c13-12(14,15)8-9(6-7-16)11(18)17-10-4-2-1-3-5-10/h1-5,8H,6H2,(H,17,18)/b9-8+. The SMILES string of the molecule is N#CC/C(=C\C(F)(F)F)C(=O)Nc1ccccc1. The summed E-state index contributed by atoms with van der Waals surface area (Å²) in [5, 5.41) is 10.7. The lowest BCUT2D eigenvalue weighted by Crippen LogP contribution is -2.17. The van der Waals surface area contributed by atoms with Crippen molar-refractivity contribution in [1.29, 1.82) is 5.26 Å². The summed E-state index contributed by atoms with van der Waals surface area (Å²) in [4.78, 5) is 11.5. The van der Waals surface area contributed by atoms with E-state index in [0.717, 1.165) is 0 Å². The van der Waals surface area contributed by atoms with Crippen molar-refractivity contribution in [3.8, 4) is 6.07 Å². The number of amides is 1. The van der Waals surface area contributed by atoms with E-state index in [9.17, 15) is 18.0 Å². The lowest BCUT2D eigenvalue weighted by Gasteiger charge is -2.07. The largest absolute Gasteiger partial charge is 0.410 e. The van der Waals surface area contributed by atoms with Gasteiger partial charge in [-0.3, -0.25) is 4.79 Å². The first kappa shape index (κ1) is 13.8. The minimum absolute atomic E-state index is 0.158. The second-order valence-corrected chi connectivity index (χ2v) is 3.37. The Hall–Kier alpha value is -2.29. The van der Waals surface area contributed by atoms with Crippen molar-refractivity contribution < 1.29 is 18.0 Å². The number of hydrogen-bond donors (Lipinski definition) is 1. The van der Waals surface area contributed by atoms with Crippen LogP contribution >= 0.6 is 0 Å². The smallest absolute Gasteiger partial charge is 0.322 e. The van der Waals surface area contributed by atoms with Gasteiger partial charge in [0.15, 0.2) is 0 Å². The van der Waals surface area contributed by atoms with E-state index in [1.54, 1.807) is 18.2 Å². The zero-order chi connectivity index (χ0) is 13.6. The van der Waals surface area contributed by atoms with E-state index in [4.69, 9.17) is 5.26 Å². The number of nitrogens with one attached hydrogen (secondary N) is 1. The van der Waals surface area contributed by atoms with Crippen molar-refractivity contribution in [3.05, 3.63) is 42.0 Å². The van der Waals surface area contributed by atoms with Gasteiger partial charge in [0, 0.05) is 17.3 Å². The number of nitrogens with zero attached hydrogens (tertiary/aromatic N) is 1. The van der Waals surface area contributed by atoms with Crippen LogP contribution in [0, 0.1) is 11.3 Å². The van der Waals surface area contributed by atoms with E-state index in [1.165, 1.54) is 18.2 Å². The maximum Gasteiger partial charge on any atom is 0.410 e. The molecule has 1 N–H and O–H groups in total. The van der Waals surface area contributed by atoms with Crippen molar-refractivity contribution in [2.45, 2.75) is 12.6 Å². The summed E-state index contributed by atoms with van der Waals surface area (Å²) in [5.41, 5.74) is -0.248. The molecule has 0 heterocycles. The lowest BCUT2D eigenvalue weighted by atomic mass is 10.1. The molecule has 0 unspecified atom stereocenters. The number of halogens is 3. The summed E-state index contributed by atoms with van der Waals surface area (Å²) in [5.74, 6) is -0.930. The molecule has 0 aliphatic carbocycles. The third-order valence-electron chi connectivity index (χ3n) is 1.93. The first-order valence-electron chi connectivity index (χ1n) is 4.94. The fraction of sp³-hybridized carbons (Fsp3) is 0.167. The summed E-state index contributed by atoms with van der Waals surface area (Å²) in [6, 6.07) is 9.57. The fourth-order valence-corrected chi connectivity index (χ4v) is 1.21. The molecular weight excluding hydrogens is 245 g/mol. The molecule has 3 nitrogen and oxygen atoms in total. The van der Waals surface area contributed by atoms with Gasteiger partial charge >= 0.3 is 6.18 Å². The van der Waals surface area contributed by atoms with Gasteiger partial charge in [0.2, 0.25) is 0 Å². The summed E-state index contributed by atoms with van der Waals surface area (Å²) >= 11 is 0. The molecule has 0 saturated carbocycles. The zero-order valence-electron chi connectivity index (χ0n) is 9.16. The molecule has 0 aliphatic rings. The number of carbonyl (C=O) groups is 1. The number of nitriles is 1. The van der Waals surface area contributed by atoms with Crippen molar-refractivity contribution in [2.75, 3.05) is 5.32 Å². The van der Waals surface area contributed by atoms with Crippen LogP contribution in [0.3, 0.4) is 0 Å². The number of allylic oxidation sites excluding steroid dienone is 1. The topological polar surface area (TPSA) is 52.9 Å². The Morgan fingerprint density at radius 2 is 1.94 bits per heavy atom. The molecule has 0 aliphatic heterocycles. The van der Waals surface area contributed by atoms with Crippen molar-refractivity contribution in [2.24, 2.45) is 0 Å². The second-order valence-electron chi connectivity index (χ2n) is 3.37. The second kappa shape index (κ2) is 5.87. The third kappa shape index (κ3) is 4.70. The fourth-order valence-electron chi connectivity index (χ4n) is 1.21. The molecule has 18 heavy (non-hydrogen) atoms. The van der Waals surface area contributed by atoms with Gasteiger partial charge in [0.1, 0.15) is 0 Å². The molecule has 6 heteroatoms. The summed E-state index contributed by atoms with van der Waals surface area (Å²) in [6.45, 7) is 0. The maximum atomic E-state index is 12.2. The third-order valence-corrected chi connectivity index (χ3v) is 1.93.